The van der Waals surface area contributed by atoms with E-state index < -0.39 is 5.82 Å². The van der Waals surface area contributed by atoms with Gasteiger partial charge >= 0.3 is 0 Å². The summed E-state index contributed by atoms with van der Waals surface area (Å²) < 4.78 is 26.9. The number of benzene rings is 2. The third kappa shape index (κ3) is 3.35. The van der Waals surface area contributed by atoms with Gasteiger partial charge in [0.2, 0.25) is 0 Å². The number of hydrogen-bond donors (Lipinski definition) is 0. The molecule has 1 fully saturated rings. The lowest BCUT2D eigenvalue weighted by Gasteiger charge is -2.23. The molecule has 0 spiro atoms. The van der Waals surface area contributed by atoms with Crippen molar-refractivity contribution in [2.75, 3.05) is 0 Å². The maximum absolute atomic E-state index is 13.3. The lowest BCUT2D eigenvalue weighted by molar-refractivity contribution is 0.0728. The molecule has 0 saturated heterocycles. The molecule has 2 nitrogen and oxygen atoms in total. The summed E-state index contributed by atoms with van der Waals surface area (Å²) in [7, 11) is 0. The molecule has 22 heavy (non-hydrogen) atoms. The maximum atomic E-state index is 13.3. The average molecular weight is 366 g/mol. The number of carbonyl (C=O) groups excluding carboxylic acids is 1. The molecule has 1 saturated carbocycles. The Balaban J connectivity index is 1.86. The van der Waals surface area contributed by atoms with E-state index in [1.807, 2.05) is 0 Å². The van der Waals surface area contributed by atoms with E-state index in [-0.39, 0.29) is 17.8 Å². The summed E-state index contributed by atoms with van der Waals surface area (Å²) in [4.78, 5) is 14.5. The minimum Gasteiger partial charge on any atom is -0.331 e. The number of amides is 1. The highest BCUT2D eigenvalue weighted by Crippen LogP contribution is 2.31. The highest BCUT2D eigenvalue weighted by atomic mass is 79.9. The van der Waals surface area contributed by atoms with Crippen molar-refractivity contribution in [2.24, 2.45) is 0 Å². The second kappa shape index (κ2) is 6.16. The second-order valence-electron chi connectivity index (χ2n) is 5.42. The Kier molecular flexibility index (Phi) is 4.25. The maximum Gasteiger partial charge on any atom is 0.255 e. The van der Waals surface area contributed by atoms with Crippen LogP contribution in [0.2, 0.25) is 0 Å². The third-order valence-corrected chi connectivity index (χ3v) is 4.31. The first kappa shape index (κ1) is 15.2. The number of carbonyl (C=O) groups is 1. The Morgan fingerprint density at radius 1 is 1.14 bits per heavy atom. The van der Waals surface area contributed by atoms with E-state index in [0.29, 0.717) is 16.6 Å². The molecule has 0 aliphatic heterocycles. The first-order chi connectivity index (χ1) is 10.5. The van der Waals surface area contributed by atoms with Crippen LogP contribution in [-0.2, 0) is 6.54 Å². The molecule has 0 N–H and O–H groups in total. The van der Waals surface area contributed by atoms with E-state index in [1.165, 1.54) is 30.3 Å². The molecular formula is C17H14BrF2NO. The van der Waals surface area contributed by atoms with Gasteiger partial charge in [0.15, 0.2) is 0 Å². The van der Waals surface area contributed by atoms with E-state index in [9.17, 15) is 13.6 Å². The van der Waals surface area contributed by atoms with Crippen LogP contribution in [0.1, 0.15) is 28.8 Å². The fourth-order valence-electron chi connectivity index (χ4n) is 2.40. The van der Waals surface area contributed by atoms with Gasteiger partial charge in [-0.05, 0) is 64.7 Å². The van der Waals surface area contributed by atoms with Gasteiger partial charge < -0.3 is 4.90 Å². The number of nitrogens with zero attached hydrogens (tertiary/aromatic N) is 1. The van der Waals surface area contributed by atoms with Crippen LogP contribution in [0.25, 0.3) is 0 Å². The fraction of sp³-hybridized carbons (Fsp3) is 0.235. The molecule has 1 aliphatic carbocycles. The van der Waals surface area contributed by atoms with Crippen LogP contribution in [-0.4, -0.2) is 16.8 Å². The lowest BCUT2D eigenvalue weighted by atomic mass is 10.1. The molecule has 0 unspecified atom stereocenters. The molecule has 114 valence electrons. The van der Waals surface area contributed by atoms with Crippen molar-refractivity contribution < 1.29 is 13.6 Å². The van der Waals surface area contributed by atoms with Crippen LogP contribution in [0.4, 0.5) is 8.78 Å². The van der Waals surface area contributed by atoms with Crippen LogP contribution >= 0.6 is 15.9 Å². The minimum atomic E-state index is -0.397. The van der Waals surface area contributed by atoms with Gasteiger partial charge in [-0.3, -0.25) is 4.79 Å². The van der Waals surface area contributed by atoms with Crippen molar-refractivity contribution in [3.63, 3.8) is 0 Å². The van der Waals surface area contributed by atoms with Gasteiger partial charge in [-0.2, -0.15) is 0 Å². The minimum absolute atomic E-state index is 0.168. The van der Waals surface area contributed by atoms with E-state index in [1.54, 1.807) is 17.0 Å². The van der Waals surface area contributed by atoms with E-state index in [0.717, 1.165) is 18.4 Å². The Morgan fingerprint density at radius 3 is 2.50 bits per heavy atom. The number of hydrogen-bond acceptors (Lipinski definition) is 1. The summed E-state index contributed by atoms with van der Waals surface area (Å²) in [6.07, 6.45) is 1.89. The first-order valence-electron chi connectivity index (χ1n) is 7.05. The summed E-state index contributed by atoms with van der Waals surface area (Å²) in [5.74, 6) is -0.881. The van der Waals surface area contributed by atoms with Gasteiger partial charge in [0.1, 0.15) is 11.6 Å². The van der Waals surface area contributed by atoms with Gasteiger partial charge in [-0.25, -0.2) is 8.78 Å². The molecule has 0 atom stereocenters. The Hall–Kier alpha value is -1.75. The van der Waals surface area contributed by atoms with Crippen LogP contribution in [0.5, 0.6) is 0 Å². The number of rotatable bonds is 4. The summed E-state index contributed by atoms with van der Waals surface area (Å²) in [6.45, 7) is 0.352. The van der Waals surface area contributed by atoms with Crippen molar-refractivity contribution >= 4 is 21.8 Å². The summed E-state index contributed by atoms with van der Waals surface area (Å²) in [5, 5.41) is 0. The zero-order valence-corrected chi connectivity index (χ0v) is 13.3. The predicted octanol–water partition coefficient (Wildman–Crippen LogP) is 4.53. The van der Waals surface area contributed by atoms with E-state index >= 15 is 0 Å². The summed E-state index contributed by atoms with van der Waals surface area (Å²) in [6, 6.07) is 10.4. The largest absolute Gasteiger partial charge is 0.331 e. The molecule has 2 aromatic rings. The Morgan fingerprint density at radius 2 is 1.86 bits per heavy atom. The SMILES string of the molecule is O=C(c1ccc(F)cc1Br)N(Cc1cccc(F)c1)C1CC1. The standard InChI is InChI=1S/C17H14BrF2NO/c18-16-9-13(20)4-7-15(16)17(22)21(14-5-6-14)10-11-2-1-3-12(19)8-11/h1-4,7-9,14H,5-6,10H2. The van der Waals surface area contributed by atoms with Crippen molar-refractivity contribution in [1.29, 1.82) is 0 Å². The van der Waals surface area contributed by atoms with Crippen molar-refractivity contribution in [3.8, 4) is 0 Å². The average Bonchev–Trinajstić information content (AvgIpc) is 3.29. The van der Waals surface area contributed by atoms with Crippen LogP contribution in [0, 0.1) is 11.6 Å². The molecule has 0 bridgehead atoms. The molecule has 2 aromatic carbocycles. The lowest BCUT2D eigenvalue weighted by Crippen LogP contribution is -2.32. The summed E-state index contributed by atoms with van der Waals surface area (Å²) in [5.41, 5.74) is 1.17. The van der Waals surface area contributed by atoms with Crippen molar-refractivity contribution in [1.82, 2.24) is 4.90 Å². The molecule has 0 aromatic heterocycles. The second-order valence-corrected chi connectivity index (χ2v) is 6.27. The molecule has 1 aliphatic rings. The van der Waals surface area contributed by atoms with Crippen LogP contribution in [0.3, 0.4) is 0 Å². The van der Waals surface area contributed by atoms with Gasteiger partial charge in [0.05, 0.1) is 5.56 Å². The normalized spacial score (nSPS) is 14.0. The van der Waals surface area contributed by atoms with Gasteiger partial charge in [-0.1, -0.05) is 12.1 Å². The van der Waals surface area contributed by atoms with Crippen molar-refractivity contribution in [3.05, 3.63) is 69.7 Å². The summed E-state index contributed by atoms with van der Waals surface area (Å²) >= 11 is 3.24. The van der Waals surface area contributed by atoms with Gasteiger partial charge in [0.25, 0.3) is 5.91 Å². The monoisotopic (exact) mass is 365 g/mol. The molecule has 1 amide bonds. The van der Waals surface area contributed by atoms with Gasteiger partial charge in [0, 0.05) is 17.1 Å². The molecule has 0 radical (unpaired) electrons. The highest BCUT2D eigenvalue weighted by molar-refractivity contribution is 9.10. The predicted molar refractivity (Wildman–Crippen MR) is 83.4 cm³/mol. The zero-order valence-electron chi connectivity index (χ0n) is 11.7. The van der Waals surface area contributed by atoms with Gasteiger partial charge in [-0.15, -0.1) is 0 Å². The van der Waals surface area contributed by atoms with Crippen LogP contribution in [0.15, 0.2) is 46.9 Å². The quantitative estimate of drug-likeness (QED) is 0.779. The zero-order chi connectivity index (χ0) is 15.7. The topological polar surface area (TPSA) is 20.3 Å². The molecule has 5 heteroatoms. The highest BCUT2D eigenvalue weighted by Gasteiger charge is 2.33. The fourth-order valence-corrected chi connectivity index (χ4v) is 2.92. The van der Waals surface area contributed by atoms with E-state index in [2.05, 4.69) is 15.9 Å². The molecule has 0 heterocycles. The number of halogens is 3. The first-order valence-corrected chi connectivity index (χ1v) is 7.84. The van der Waals surface area contributed by atoms with Crippen LogP contribution < -0.4 is 0 Å². The van der Waals surface area contributed by atoms with Crippen molar-refractivity contribution in [2.45, 2.75) is 25.4 Å². The smallest absolute Gasteiger partial charge is 0.255 e. The molecular weight excluding hydrogens is 352 g/mol. The van der Waals surface area contributed by atoms with E-state index in [4.69, 9.17) is 0 Å². The Labute approximate surface area is 135 Å². The third-order valence-electron chi connectivity index (χ3n) is 3.65. The molecule has 3 rings (SSSR count). The Bertz CT molecular complexity index is 716.